The molecule has 1 unspecified atom stereocenters. The number of benzene rings is 2. The largest absolute Gasteiger partial charge is 0.368 e. The van der Waals surface area contributed by atoms with E-state index in [1.807, 2.05) is 39.0 Å². The molecule has 6 nitrogen and oxygen atoms in total. The van der Waals surface area contributed by atoms with Crippen LogP contribution in [-0.4, -0.2) is 24.9 Å². The molecule has 7 heteroatoms. The lowest BCUT2D eigenvalue weighted by molar-refractivity contribution is 0.590. The molecule has 2 aromatic carbocycles. The van der Waals surface area contributed by atoms with Gasteiger partial charge in [-0.3, -0.25) is 0 Å². The summed E-state index contributed by atoms with van der Waals surface area (Å²) in [7, 11) is -3.95. The first-order chi connectivity index (χ1) is 13.3. The summed E-state index contributed by atoms with van der Waals surface area (Å²) in [5.74, 6) is 0.644. The van der Waals surface area contributed by atoms with Crippen LogP contribution in [0.2, 0.25) is 0 Å². The topological polar surface area (TPSA) is 95.7 Å². The molecule has 28 heavy (non-hydrogen) atoms. The molecule has 0 radical (unpaired) electrons. The number of hydrogen-bond donors (Lipinski definition) is 1. The molecule has 1 atom stereocenters. The van der Waals surface area contributed by atoms with Gasteiger partial charge in [0, 0.05) is 6.54 Å². The maximum Gasteiger partial charge on any atom is 0.200 e. The van der Waals surface area contributed by atoms with Gasteiger partial charge in [-0.1, -0.05) is 43.7 Å². The average Bonchev–Trinajstić information content (AvgIpc) is 2.67. The number of fused-ring (bicyclic) bond motifs is 1. The van der Waals surface area contributed by atoms with Crippen molar-refractivity contribution in [3.8, 4) is 6.07 Å². The van der Waals surface area contributed by atoms with E-state index < -0.39 is 15.1 Å². The van der Waals surface area contributed by atoms with Crippen LogP contribution in [0.4, 0.5) is 5.82 Å². The van der Waals surface area contributed by atoms with Crippen molar-refractivity contribution in [1.29, 1.82) is 5.26 Å². The number of hydrogen-bond acceptors (Lipinski definition) is 6. The number of nitrogens with zero attached hydrogens (tertiary/aromatic N) is 3. The fourth-order valence-corrected chi connectivity index (χ4v) is 4.15. The molecule has 3 aromatic rings. The molecule has 1 heterocycles. The van der Waals surface area contributed by atoms with Gasteiger partial charge in [0.05, 0.1) is 22.0 Å². The summed E-state index contributed by atoms with van der Waals surface area (Å²) in [6, 6.07) is 15.6. The van der Waals surface area contributed by atoms with Crippen molar-refractivity contribution in [2.24, 2.45) is 5.92 Å². The number of aryl methyl sites for hydroxylation is 1. The second-order valence-corrected chi connectivity index (χ2v) is 9.12. The highest BCUT2D eigenvalue weighted by Crippen LogP contribution is 2.32. The number of sulfone groups is 1. The first kappa shape index (κ1) is 19.8. The molecule has 1 N–H and O–H groups in total. The summed E-state index contributed by atoms with van der Waals surface area (Å²) in [5.41, 5.74) is 2.26. The maximum atomic E-state index is 13.2. The minimum absolute atomic E-state index is 0.0921. The third-order valence-electron chi connectivity index (χ3n) is 4.30. The fraction of sp³-hybridized carbons (Fsp3) is 0.286. The van der Waals surface area contributed by atoms with Gasteiger partial charge in [0.25, 0.3) is 0 Å². The Morgan fingerprint density at radius 3 is 2.21 bits per heavy atom. The van der Waals surface area contributed by atoms with E-state index in [1.54, 1.807) is 24.3 Å². The average molecular weight is 395 g/mol. The molecule has 144 valence electrons. The fourth-order valence-electron chi connectivity index (χ4n) is 2.77. The SMILES string of the molecule is Cc1ccc(S(=O)(=O)C(C#N)c2nc3ccccc3nc2NCC(C)C)cc1. The lowest BCUT2D eigenvalue weighted by atomic mass is 10.2. The van der Waals surface area contributed by atoms with Crippen LogP contribution in [-0.2, 0) is 9.84 Å². The Kier molecular flexibility index (Phi) is 5.61. The normalized spacial score (nSPS) is 12.7. The molecule has 0 aliphatic carbocycles. The Morgan fingerprint density at radius 1 is 1.04 bits per heavy atom. The minimum Gasteiger partial charge on any atom is -0.368 e. The molecule has 3 rings (SSSR count). The zero-order valence-corrected chi connectivity index (χ0v) is 16.9. The standard InChI is InChI=1S/C21H22N4O2S/c1-14(2)13-23-21-20(24-17-6-4-5-7-18(17)25-21)19(12-22)28(26,27)16-10-8-15(3)9-11-16/h4-11,14,19H,13H2,1-3H3,(H,23,25). The van der Waals surface area contributed by atoms with Gasteiger partial charge >= 0.3 is 0 Å². The monoisotopic (exact) mass is 394 g/mol. The van der Waals surface area contributed by atoms with Crippen LogP contribution in [0.3, 0.4) is 0 Å². The van der Waals surface area contributed by atoms with Crippen LogP contribution in [0.5, 0.6) is 0 Å². The molecule has 0 aliphatic heterocycles. The van der Waals surface area contributed by atoms with Gasteiger partial charge in [0.15, 0.2) is 11.1 Å². The van der Waals surface area contributed by atoms with E-state index >= 15 is 0 Å². The van der Waals surface area contributed by atoms with Crippen molar-refractivity contribution in [2.75, 3.05) is 11.9 Å². The Bertz CT molecular complexity index is 1130. The van der Waals surface area contributed by atoms with Crippen LogP contribution in [0.15, 0.2) is 53.4 Å². The zero-order valence-electron chi connectivity index (χ0n) is 16.0. The van der Waals surface area contributed by atoms with E-state index in [1.165, 1.54) is 12.1 Å². The van der Waals surface area contributed by atoms with E-state index in [2.05, 4.69) is 15.3 Å². The number of nitriles is 1. The van der Waals surface area contributed by atoms with Gasteiger partial charge in [-0.2, -0.15) is 5.26 Å². The molecular formula is C21H22N4O2S. The molecule has 0 bridgehead atoms. The van der Waals surface area contributed by atoms with Crippen molar-refractivity contribution in [3.63, 3.8) is 0 Å². The lowest BCUT2D eigenvalue weighted by Crippen LogP contribution is -2.19. The highest BCUT2D eigenvalue weighted by molar-refractivity contribution is 7.92. The lowest BCUT2D eigenvalue weighted by Gasteiger charge is -2.17. The number of aromatic nitrogens is 2. The van der Waals surface area contributed by atoms with E-state index in [-0.39, 0.29) is 10.6 Å². The smallest absolute Gasteiger partial charge is 0.200 e. The third-order valence-corrected chi connectivity index (χ3v) is 6.18. The van der Waals surface area contributed by atoms with Crippen molar-refractivity contribution in [2.45, 2.75) is 30.9 Å². The van der Waals surface area contributed by atoms with Gasteiger partial charge in [-0.05, 0) is 37.1 Å². The highest BCUT2D eigenvalue weighted by Gasteiger charge is 2.33. The predicted octanol–water partition coefficient (Wildman–Crippen LogP) is 4.04. The van der Waals surface area contributed by atoms with Crippen LogP contribution < -0.4 is 5.32 Å². The molecule has 0 aliphatic rings. The van der Waals surface area contributed by atoms with Crippen molar-refractivity contribution < 1.29 is 8.42 Å². The van der Waals surface area contributed by atoms with Crippen LogP contribution in [0.1, 0.15) is 30.4 Å². The second-order valence-electron chi connectivity index (χ2n) is 7.09. The Balaban J connectivity index is 2.16. The van der Waals surface area contributed by atoms with E-state index in [9.17, 15) is 13.7 Å². The van der Waals surface area contributed by atoms with Crippen LogP contribution in [0, 0.1) is 24.2 Å². The van der Waals surface area contributed by atoms with Crippen LogP contribution in [0.25, 0.3) is 11.0 Å². The summed E-state index contributed by atoms with van der Waals surface area (Å²) in [5, 5.41) is 11.5. The Morgan fingerprint density at radius 2 is 1.64 bits per heavy atom. The van der Waals surface area contributed by atoms with Gasteiger partial charge in [0.2, 0.25) is 9.84 Å². The van der Waals surface area contributed by atoms with Gasteiger partial charge < -0.3 is 5.32 Å². The van der Waals surface area contributed by atoms with Crippen molar-refractivity contribution >= 4 is 26.7 Å². The van der Waals surface area contributed by atoms with E-state index in [0.29, 0.717) is 29.3 Å². The van der Waals surface area contributed by atoms with Crippen molar-refractivity contribution in [3.05, 3.63) is 59.8 Å². The summed E-state index contributed by atoms with van der Waals surface area (Å²) in [6.45, 7) is 6.53. The molecule has 0 saturated carbocycles. The second kappa shape index (κ2) is 7.95. The molecular weight excluding hydrogens is 372 g/mol. The third kappa shape index (κ3) is 3.97. The Labute approximate surface area is 165 Å². The summed E-state index contributed by atoms with van der Waals surface area (Å²) < 4.78 is 26.4. The summed E-state index contributed by atoms with van der Waals surface area (Å²) in [4.78, 5) is 9.15. The molecule has 0 fully saturated rings. The van der Waals surface area contributed by atoms with Gasteiger partial charge in [-0.15, -0.1) is 0 Å². The minimum atomic E-state index is -3.95. The number of nitrogens with one attached hydrogen (secondary N) is 1. The predicted molar refractivity (Wildman–Crippen MR) is 110 cm³/mol. The summed E-state index contributed by atoms with van der Waals surface area (Å²) >= 11 is 0. The molecule has 0 amide bonds. The molecule has 1 aromatic heterocycles. The summed E-state index contributed by atoms with van der Waals surface area (Å²) in [6.07, 6.45) is 0. The number of para-hydroxylation sites is 2. The maximum absolute atomic E-state index is 13.2. The first-order valence-electron chi connectivity index (χ1n) is 9.03. The van der Waals surface area contributed by atoms with Crippen LogP contribution >= 0.6 is 0 Å². The molecule has 0 saturated heterocycles. The number of anilines is 1. The van der Waals surface area contributed by atoms with Crippen molar-refractivity contribution in [1.82, 2.24) is 9.97 Å². The van der Waals surface area contributed by atoms with E-state index in [4.69, 9.17) is 0 Å². The first-order valence-corrected chi connectivity index (χ1v) is 10.6. The number of rotatable bonds is 6. The quantitative estimate of drug-likeness (QED) is 0.678. The zero-order chi connectivity index (χ0) is 20.3. The Hall–Kier alpha value is -2.98. The molecule has 0 spiro atoms. The van der Waals surface area contributed by atoms with E-state index in [0.717, 1.165) is 5.56 Å². The van der Waals surface area contributed by atoms with Gasteiger partial charge in [-0.25, -0.2) is 18.4 Å². The highest BCUT2D eigenvalue weighted by atomic mass is 32.2. The van der Waals surface area contributed by atoms with Gasteiger partial charge in [0.1, 0.15) is 5.69 Å².